The Labute approximate surface area is 180 Å². The first-order valence-corrected chi connectivity index (χ1v) is 10.6. The number of aliphatic imine (C=N–C) groups is 1. The van der Waals surface area contributed by atoms with Gasteiger partial charge in [-0.3, -0.25) is 9.89 Å². The van der Waals surface area contributed by atoms with Crippen molar-refractivity contribution in [2.24, 2.45) is 4.99 Å². The maximum atomic E-state index is 11.7. The zero-order valence-electron chi connectivity index (χ0n) is 19.0. The lowest BCUT2D eigenvalue weighted by atomic mass is 10.0. The molecular weight excluding hydrogens is 382 g/mol. The molecular formula is C22H37N5O3. The van der Waals surface area contributed by atoms with Gasteiger partial charge < -0.3 is 25.4 Å². The Hall–Kier alpha value is -2.48. The number of nitrogens with zero attached hydrogens (tertiary/aromatic N) is 2. The molecule has 1 heterocycles. The van der Waals surface area contributed by atoms with Gasteiger partial charge in [0.25, 0.3) is 0 Å². The van der Waals surface area contributed by atoms with E-state index in [0.29, 0.717) is 25.6 Å². The quantitative estimate of drug-likeness (QED) is 0.341. The highest BCUT2D eigenvalue weighted by atomic mass is 16.6. The molecule has 0 spiro atoms. The van der Waals surface area contributed by atoms with Crippen LogP contribution in [0.5, 0.6) is 5.75 Å². The van der Waals surface area contributed by atoms with Gasteiger partial charge in [-0.2, -0.15) is 0 Å². The highest BCUT2D eigenvalue weighted by molar-refractivity contribution is 5.79. The third-order valence-electron chi connectivity index (χ3n) is 4.85. The number of likely N-dealkylation sites (tertiary alicyclic amines) is 1. The number of hydrogen-bond acceptors (Lipinski definition) is 5. The molecule has 2 rings (SSSR count). The third-order valence-corrected chi connectivity index (χ3v) is 4.85. The summed E-state index contributed by atoms with van der Waals surface area (Å²) in [5.41, 5.74) is 0.675. The minimum atomic E-state index is -0.502. The zero-order chi connectivity index (χ0) is 22.0. The van der Waals surface area contributed by atoms with E-state index < -0.39 is 11.7 Å². The molecule has 1 atom stereocenters. The van der Waals surface area contributed by atoms with E-state index in [2.05, 4.69) is 38.0 Å². The third kappa shape index (κ3) is 7.74. The smallest absolute Gasteiger partial charge is 0.407 e. The molecule has 8 nitrogen and oxygen atoms in total. The van der Waals surface area contributed by atoms with Gasteiger partial charge in [0.05, 0.1) is 13.2 Å². The van der Waals surface area contributed by atoms with Crippen LogP contribution < -0.4 is 20.7 Å². The molecule has 168 valence electrons. The number of hydrogen-bond donors (Lipinski definition) is 3. The lowest BCUT2D eigenvalue weighted by Gasteiger charge is -2.30. The van der Waals surface area contributed by atoms with Crippen LogP contribution in [0.25, 0.3) is 0 Å². The molecule has 0 saturated carbocycles. The maximum absolute atomic E-state index is 11.7. The molecule has 0 bridgehead atoms. The summed E-state index contributed by atoms with van der Waals surface area (Å²) in [6.07, 6.45) is 2.02. The van der Waals surface area contributed by atoms with Crippen molar-refractivity contribution >= 4 is 12.1 Å². The van der Waals surface area contributed by atoms with Gasteiger partial charge in [-0.1, -0.05) is 18.2 Å². The van der Waals surface area contributed by atoms with Gasteiger partial charge in [0.15, 0.2) is 5.96 Å². The van der Waals surface area contributed by atoms with Crippen molar-refractivity contribution in [2.45, 2.75) is 45.3 Å². The molecule has 30 heavy (non-hydrogen) atoms. The lowest BCUT2D eigenvalue weighted by molar-refractivity contribution is 0.0529. The molecule has 1 amide bonds. The number of benzene rings is 1. The fraction of sp³-hybridized carbons (Fsp3) is 0.636. The number of ether oxygens (including phenoxy) is 2. The fourth-order valence-corrected chi connectivity index (χ4v) is 3.50. The SMILES string of the molecule is CN=C(NCCNC(=O)OC(C)(C)C)NCC(c1ccccc1OC)N1CCCC1. The predicted molar refractivity (Wildman–Crippen MR) is 120 cm³/mol. The van der Waals surface area contributed by atoms with Crippen LogP contribution in [-0.2, 0) is 4.74 Å². The summed E-state index contributed by atoms with van der Waals surface area (Å²) in [5, 5.41) is 9.39. The molecule has 1 aliphatic rings. The fourth-order valence-electron chi connectivity index (χ4n) is 3.50. The van der Waals surface area contributed by atoms with Crippen molar-refractivity contribution in [1.29, 1.82) is 0 Å². The van der Waals surface area contributed by atoms with E-state index in [9.17, 15) is 4.79 Å². The Morgan fingerprint density at radius 1 is 1.13 bits per heavy atom. The normalized spacial score (nSPS) is 16.1. The topological polar surface area (TPSA) is 87.2 Å². The van der Waals surface area contributed by atoms with Crippen LogP contribution in [0.3, 0.4) is 0 Å². The maximum Gasteiger partial charge on any atom is 0.407 e. The van der Waals surface area contributed by atoms with Crippen LogP contribution in [0, 0.1) is 0 Å². The number of methoxy groups -OCH3 is 1. The highest BCUT2D eigenvalue weighted by Gasteiger charge is 2.26. The summed E-state index contributed by atoms with van der Waals surface area (Å²) in [4.78, 5) is 18.5. The molecule has 1 aliphatic heterocycles. The Kier molecular flexibility index (Phi) is 9.23. The van der Waals surface area contributed by atoms with E-state index in [1.54, 1.807) is 14.2 Å². The number of carbonyl (C=O) groups excluding carboxylic acids is 1. The molecule has 1 fully saturated rings. The van der Waals surface area contributed by atoms with Crippen molar-refractivity contribution in [3.05, 3.63) is 29.8 Å². The number of guanidine groups is 1. The molecule has 3 N–H and O–H groups in total. The van der Waals surface area contributed by atoms with Gasteiger partial charge in [-0.05, 0) is 52.8 Å². The number of carbonyl (C=O) groups is 1. The van der Waals surface area contributed by atoms with Gasteiger partial charge in [-0.25, -0.2) is 4.79 Å². The van der Waals surface area contributed by atoms with Crippen molar-refractivity contribution in [2.75, 3.05) is 46.9 Å². The second-order valence-electron chi connectivity index (χ2n) is 8.31. The lowest BCUT2D eigenvalue weighted by Crippen LogP contribution is -2.45. The molecule has 1 saturated heterocycles. The minimum Gasteiger partial charge on any atom is -0.496 e. The Morgan fingerprint density at radius 2 is 1.80 bits per heavy atom. The summed E-state index contributed by atoms with van der Waals surface area (Å²) in [6, 6.07) is 8.38. The molecule has 0 aromatic heterocycles. The molecule has 1 aromatic rings. The van der Waals surface area contributed by atoms with E-state index in [1.165, 1.54) is 18.4 Å². The van der Waals surface area contributed by atoms with Gasteiger partial charge in [-0.15, -0.1) is 0 Å². The number of rotatable bonds is 8. The van der Waals surface area contributed by atoms with Crippen molar-refractivity contribution in [3.63, 3.8) is 0 Å². The van der Waals surface area contributed by atoms with Gasteiger partial charge >= 0.3 is 6.09 Å². The molecule has 1 aromatic carbocycles. The summed E-state index contributed by atoms with van der Waals surface area (Å²) in [6.45, 7) is 9.38. The first-order chi connectivity index (χ1) is 14.3. The standard InChI is InChI=1S/C22H37N5O3/c1-22(2,3)30-21(28)25-13-12-24-20(23-4)26-16-18(27-14-8-9-15-27)17-10-6-7-11-19(17)29-5/h6-7,10-11,18H,8-9,12-16H2,1-5H3,(H,25,28)(H2,23,24,26). The Bertz CT molecular complexity index is 696. The summed E-state index contributed by atoms with van der Waals surface area (Å²) < 4.78 is 10.8. The number of amides is 1. The minimum absolute atomic E-state index is 0.196. The highest BCUT2D eigenvalue weighted by Crippen LogP contribution is 2.31. The van der Waals surface area contributed by atoms with Gasteiger partial charge in [0.2, 0.25) is 0 Å². The second kappa shape index (κ2) is 11.6. The van der Waals surface area contributed by atoms with Gasteiger partial charge in [0, 0.05) is 32.2 Å². The average Bonchev–Trinajstić information content (AvgIpc) is 3.23. The van der Waals surface area contributed by atoms with Crippen LogP contribution in [-0.4, -0.2) is 69.4 Å². The summed E-state index contributed by atoms with van der Waals surface area (Å²) in [5.74, 6) is 1.60. The summed E-state index contributed by atoms with van der Waals surface area (Å²) >= 11 is 0. The first-order valence-electron chi connectivity index (χ1n) is 10.6. The summed E-state index contributed by atoms with van der Waals surface area (Å²) in [7, 11) is 3.45. The van der Waals surface area contributed by atoms with Crippen molar-refractivity contribution in [1.82, 2.24) is 20.9 Å². The Balaban J connectivity index is 1.88. The predicted octanol–water partition coefficient (Wildman–Crippen LogP) is 2.52. The van der Waals surface area contributed by atoms with Crippen molar-refractivity contribution < 1.29 is 14.3 Å². The van der Waals surface area contributed by atoms with E-state index >= 15 is 0 Å². The van der Waals surface area contributed by atoms with Gasteiger partial charge in [0.1, 0.15) is 11.4 Å². The van der Waals surface area contributed by atoms with E-state index in [4.69, 9.17) is 9.47 Å². The number of alkyl carbamates (subject to hydrolysis) is 1. The first kappa shape index (κ1) is 23.8. The van der Waals surface area contributed by atoms with Crippen LogP contribution in [0.2, 0.25) is 0 Å². The molecule has 8 heteroatoms. The molecule has 0 aliphatic carbocycles. The van der Waals surface area contributed by atoms with Crippen molar-refractivity contribution in [3.8, 4) is 5.75 Å². The van der Waals surface area contributed by atoms with E-state index in [1.807, 2.05) is 32.9 Å². The Morgan fingerprint density at radius 3 is 2.43 bits per heavy atom. The zero-order valence-corrected chi connectivity index (χ0v) is 19.0. The van der Waals surface area contributed by atoms with Crippen LogP contribution in [0.15, 0.2) is 29.3 Å². The van der Waals surface area contributed by atoms with Crippen LogP contribution in [0.4, 0.5) is 4.79 Å². The van der Waals surface area contributed by atoms with E-state index in [-0.39, 0.29) is 6.04 Å². The largest absolute Gasteiger partial charge is 0.496 e. The van der Waals surface area contributed by atoms with E-state index in [0.717, 1.165) is 18.8 Å². The number of nitrogens with one attached hydrogen (secondary N) is 3. The molecule has 0 radical (unpaired) electrons. The monoisotopic (exact) mass is 419 g/mol. The number of para-hydroxylation sites is 1. The second-order valence-corrected chi connectivity index (χ2v) is 8.31. The van der Waals surface area contributed by atoms with Crippen LogP contribution >= 0.6 is 0 Å². The average molecular weight is 420 g/mol. The van der Waals surface area contributed by atoms with Crippen LogP contribution in [0.1, 0.15) is 45.2 Å². The molecule has 1 unspecified atom stereocenters.